The van der Waals surface area contributed by atoms with E-state index in [0.29, 0.717) is 25.7 Å². The van der Waals surface area contributed by atoms with Crippen LogP contribution in [0.2, 0.25) is 0 Å². The Hall–Kier alpha value is -1.90. The molecule has 0 aliphatic carbocycles. The molecule has 1 heterocycles. The van der Waals surface area contributed by atoms with Gasteiger partial charge in [0.15, 0.2) is 0 Å². The van der Waals surface area contributed by atoms with E-state index in [1.807, 2.05) is 28.7 Å². The topological polar surface area (TPSA) is 90.7 Å². The first-order valence-corrected chi connectivity index (χ1v) is 9.98. The average Bonchev–Trinajstić information content (AvgIpc) is 2.93. The second-order valence-electron chi connectivity index (χ2n) is 5.01. The van der Waals surface area contributed by atoms with Crippen LogP contribution in [-0.2, 0) is 9.09 Å². The summed E-state index contributed by atoms with van der Waals surface area (Å²) < 4.78 is 25.7. The molecule has 3 rings (SSSR count). The predicted octanol–water partition coefficient (Wildman–Crippen LogP) is 4.10. The predicted molar refractivity (Wildman–Crippen MR) is 102 cm³/mol. The van der Waals surface area contributed by atoms with Crippen LogP contribution in [0.25, 0.3) is 10.9 Å². The zero-order chi connectivity index (χ0) is 18.0. The summed E-state index contributed by atoms with van der Waals surface area (Å²) >= 11 is 1.94. The molecule has 1 N–H and O–H groups in total. The van der Waals surface area contributed by atoms with Crippen molar-refractivity contribution in [2.45, 2.75) is 6.92 Å². The van der Waals surface area contributed by atoms with Crippen LogP contribution in [0.4, 0.5) is 4.79 Å². The molecule has 9 heteroatoms. The SMILES string of the molecule is CCOP(=O)(Oc1ccc2c(c1)c(I)nn2C(=O)O)c1ccccc1. The lowest BCUT2D eigenvalue weighted by atomic mass is 10.2. The summed E-state index contributed by atoms with van der Waals surface area (Å²) in [4.78, 5) is 11.2. The van der Waals surface area contributed by atoms with Gasteiger partial charge in [0.1, 0.15) is 9.45 Å². The van der Waals surface area contributed by atoms with Crippen molar-refractivity contribution in [2.24, 2.45) is 0 Å². The van der Waals surface area contributed by atoms with Crippen molar-refractivity contribution in [2.75, 3.05) is 6.61 Å². The van der Waals surface area contributed by atoms with Gasteiger partial charge in [-0.2, -0.15) is 9.78 Å². The molecule has 0 spiro atoms. The Kier molecular flexibility index (Phi) is 5.12. The van der Waals surface area contributed by atoms with E-state index in [9.17, 15) is 14.5 Å². The molecule has 0 amide bonds. The molecule has 25 heavy (non-hydrogen) atoms. The molecule has 1 atom stereocenters. The Morgan fingerprint density at radius 1 is 1.28 bits per heavy atom. The number of carboxylic acid groups (broad SMARTS) is 1. The molecule has 0 radical (unpaired) electrons. The van der Waals surface area contributed by atoms with Crippen molar-refractivity contribution >= 4 is 52.5 Å². The maximum atomic E-state index is 13.2. The number of nitrogens with zero attached hydrogens (tertiary/aromatic N) is 2. The highest BCUT2D eigenvalue weighted by Gasteiger charge is 2.29. The van der Waals surface area contributed by atoms with Gasteiger partial charge in [-0.1, -0.05) is 18.2 Å². The zero-order valence-electron chi connectivity index (χ0n) is 13.1. The van der Waals surface area contributed by atoms with Crippen LogP contribution >= 0.6 is 30.2 Å². The summed E-state index contributed by atoms with van der Waals surface area (Å²) in [6.45, 7) is 1.96. The minimum Gasteiger partial charge on any atom is -0.463 e. The molecule has 0 aliphatic heterocycles. The second-order valence-corrected chi connectivity index (χ2v) is 7.98. The van der Waals surface area contributed by atoms with Gasteiger partial charge >= 0.3 is 13.7 Å². The lowest BCUT2D eigenvalue weighted by Gasteiger charge is -2.18. The van der Waals surface area contributed by atoms with Crippen LogP contribution in [-0.4, -0.2) is 27.6 Å². The maximum absolute atomic E-state index is 13.2. The lowest BCUT2D eigenvalue weighted by molar-refractivity contribution is 0.194. The van der Waals surface area contributed by atoms with E-state index in [-0.39, 0.29) is 6.61 Å². The Morgan fingerprint density at radius 3 is 2.64 bits per heavy atom. The molecule has 2 aromatic carbocycles. The van der Waals surface area contributed by atoms with Gasteiger partial charge in [0, 0.05) is 5.39 Å². The molecule has 0 saturated carbocycles. The van der Waals surface area contributed by atoms with Crippen molar-refractivity contribution in [3.05, 3.63) is 52.2 Å². The fraction of sp³-hybridized carbons (Fsp3) is 0.125. The van der Waals surface area contributed by atoms with Gasteiger partial charge in [0.2, 0.25) is 0 Å². The standard InChI is InChI=1S/C16H14IN2O5P/c1-2-23-25(22,12-6-4-3-5-7-12)24-11-8-9-14-13(10-11)15(17)18-19(14)16(20)21/h3-10H,2H2,1H3,(H,20,21). The van der Waals surface area contributed by atoms with Crippen LogP contribution in [0.1, 0.15) is 6.92 Å². The third-order valence-corrected chi connectivity index (χ3v) is 6.16. The minimum absolute atomic E-state index is 0.225. The third kappa shape index (κ3) is 3.56. The first-order valence-electron chi connectivity index (χ1n) is 7.36. The summed E-state index contributed by atoms with van der Waals surface area (Å²) in [6.07, 6.45) is -1.18. The summed E-state index contributed by atoms with van der Waals surface area (Å²) in [7, 11) is -3.54. The fourth-order valence-corrected chi connectivity index (χ4v) is 4.56. The van der Waals surface area contributed by atoms with Crippen molar-refractivity contribution in [3.63, 3.8) is 0 Å². The molecule has 130 valence electrons. The van der Waals surface area contributed by atoms with Gasteiger partial charge < -0.3 is 9.63 Å². The van der Waals surface area contributed by atoms with Gasteiger partial charge in [-0.3, -0.25) is 4.52 Å². The number of aromatic nitrogens is 2. The number of rotatable bonds is 5. The average molecular weight is 472 g/mol. The highest BCUT2D eigenvalue weighted by molar-refractivity contribution is 14.1. The first kappa shape index (κ1) is 17.9. The minimum atomic E-state index is -3.54. The van der Waals surface area contributed by atoms with Crippen LogP contribution in [0.3, 0.4) is 0 Å². The van der Waals surface area contributed by atoms with E-state index < -0.39 is 13.7 Å². The summed E-state index contributed by atoms with van der Waals surface area (Å²) in [5.41, 5.74) is 0.426. The smallest absolute Gasteiger partial charge is 0.432 e. The van der Waals surface area contributed by atoms with Crippen molar-refractivity contribution in [1.29, 1.82) is 0 Å². The van der Waals surface area contributed by atoms with Crippen molar-refractivity contribution < 1.29 is 23.5 Å². The highest BCUT2D eigenvalue weighted by atomic mass is 127. The molecule has 7 nitrogen and oxygen atoms in total. The monoisotopic (exact) mass is 472 g/mol. The summed E-state index contributed by atoms with van der Waals surface area (Å²) in [6, 6.07) is 13.4. The fourth-order valence-electron chi connectivity index (χ4n) is 2.34. The number of halogens is 1. The Labute approximate surface area is 157 Å². The summed E-state index contributed by atoms with van der Waals surface area (Å²) in [5, 5.41) is 14.2. The van der Waals surface area contributed by atoms with E-state index in [4.69, 9.17) is 9.05 Å². The van der Waals surface area contributed by atoms with Gasteiger partial charge in [0.05, 0.1) is 17.4 Å². The van der Waals surface area contributed by atoms with E-state index in [1.54, 1.807) is 49.4 Å². The highest BCUT2D eigenvalue weighted by Crippen LogP contribution is 2.47. The normalized spacial score (nSPS) is 13.5. The van der Waals surface area contributed by atoms with E-state index in [2.05, 4.69) is 5.10 Å². The molecule has 0 saturated heterocycles. The lowest BCUT2D eigenvalue weighted by Crippen LogP contribution is -2.12. The number of fused-ring (bicyclic) bond motifs is 1. The van der Waals surface area contributed by atoms with E-state index in [1.165, 1.54) is 0 Å². The van der Waals surface area contributed by atoms with Crippen molar-refractivity contribution in [3.8, 4) is 5.75 Å². The molecule has 1 unspecified atom stereocenters. The largest absolute Gasteiger partial charge is 0.463 e. The van der Waals surface area contributed by atoms with Gasteiger partial charge in [-0.25, -0.2) is 9.36 Å². The Bertz CT molecular complexity index is 973. The molecule has 0 fully saturated rings. The van der Waals surface area contributed by atoms with Gasteiger partial charge in [-0.05, 0) is 59.8 Å². The number of carbonyl (C=O) groups is 1. The molecule has 0 bridgehead atoms. The second kappa shape index (κ2) is 7.15. The Balaban J connectivity index is 2.02. The third-order valence-electron chi connectivity index (χ3n) is 3.38. The maximum Gasteiger partial charge on any atom is 0.432 e. The number of hydrogen-bond donors (Lipinski definition) is 1. The molecule has 0 aliphatic rings. The first-order chi connectivity index (χ1) is 11.9. The number of benzene rings is 2. The van der Waals surface area contributed by atoms with E-state index >= 15 is 0 Å². The van der Waals surface area contributed by atoms with Crippen LogP contribution in [0.5, 0.6) is 5.75 Å². The molecule has 3 aromatic rings. The number of hydrogen-bond acceptors (Lipinski definition) is 5. The quantitative estimate of drug-likeness (QED) is 0.445. The van der Waals surface area contributed by atoms with Crippen molar-refractivity contribution in [1.82, 2.24) is 9.78 Å². The molecule has 1 aromatic heterocycles. The summed E-state index contributed by atoms with van der Waals surface area (Å²) in [5.74, 6) is 0.316. The van der Waals surface area contributed by atoms with Crippen LogP contribution < -0.4 is 9.83 Å². The van der Waals surface area contributed by atoms with Crippen LogP contribution in [0, 0.1) is 3.70 Å². The van der Waals surface area contributed by atoms with Crippen LogP contribution in [0.15, 0.2) is 48.5 Å². The van der Waals surface area contributed by atoms with E-state index in [0.717, 1.165) is 4.68 Å². The Morgan fingerprint density at radius 2 is 2.00 bits per heavy atom. The molecular weight excluding hydrogens is 458 g/mol. The molecular formula is C16H14IN2O5P. The zero-order valence-corrected chi connectivity index (χ0v) is 16.2. The van der Waals surface area contributed by atoms with Gasteiger partial charge in [0.25, 0.3) is 0 Å². The van der Waals surface area contributed by atoms with Gasteiger partial charge in [-0.15, -0.1) is 0 Å².